The minimum Gasteiger partial charge on any atom is -0.194 e. The molecule has 0 bridgehead atoms. The average Bonchev–Trinajstić information content (AvgIpc) is 2.67. The number of hydrogen-bond acceptors (Lipinski definition) is 0. The van der Waals surface area contributed by atoms with Gasteiger partial charge in [0.25, 0.3) is 0 Å². The second-order valence-corrected chi connectivity index (χ2v) is 10.3. The van der Waals surface area contributed by atoms with E-state index in [4.69, 9.17) is 0 Å². The van der Waals surface area contributed by atoms with Crippen molar-refractivity contribution in [1.82, 2.24) is 0 Å². The summed E-state index contributed by atoms with van der Waals surface area (Å²) in [5.41, 5.74) is 11.7. The normalized spacial score (nSPS) is 17.6. The molecule has 0 radical (unpaired) electrons. The monoisotopic (exact) mass is 372 g/mol. The minimum atomic E-state index is 0.244. The molecule has 4 rings (SSSR count). The summed E-state index contributed by atoms with van der Waals surface area (Å²) in [5.74, 6) is 0. The number of hydrogen-bond donors (Lipinski definition) is 0. The van der Waals surface area contributed by atoms with Crippen LogP contribution in [0, 0.1) is 31.6 Å². The van der Waals surface area contributed by atoms with E-state index in [0.29, 0.717) is 0 Å². The van der Waals surface area contributed by atoms with Crippen molar-refractivity contribution < 1.29 is 4.57 Å². The third-order valence-corrected chi connectivity index (χ3v) is 7.67. The highest BCUT2D eigenvalue weighted by Gasteiger charge is 2.41. The van der Waals surface area contributed by atoms with Crippen LogP contribution in [0.2, 0.25) is 0 Å². The van der Waals surface area contributed by atoms with E-state index in [0.717, 1.165) is 12.8 Å². The SMILES string of the molecule is Cc1cc(C)c(C)c(-c2cc3c4c(cccc4[n+]2C)CC(C)(C)C(C)(C)C3)c1. The summed E-state index contributed by atoms with van der Waals surface area (Å²) in [6.45, 7) is 16.5. The van der Waals surface area contributed by atoms with Crippen molar-refractivity contribution in [2.45, 2.75) is 61.3 Å². The fraction of sp³-hybridized carbons (Fsp3) is 0.444. The molecule has 0 aliphatic heterocycles. The third kappa shape index (κ3) is 2.79. The Balaban J connectivity index is 2.08. The summed E-state index contributed by atoms with van der Waals surface area (Å²) in [5, 5.41) is 1.48. The summed E-state index contributed by atoms with van der Waals surface area (Å²) >= 11 is 0. The van der Waals surface area contributed by atoms with E-state index in [1.54, 1.807) is 0 Å². The zero-order chi connectivity index (χ0) is 20.4. The van der Waals surface area contributed by atoms with Crippen molar-refractivity contribution in [2.24, 2.45) is 17.9 Å². The molecular formula is C27H34N+. The molecule has 0 fully saturated rings. The zero-order valence-corrected chi connectivity index (χ0v) is 18.8. The Morgan fingerprint density at radius 3 is 2.14 bits per heavy atom. The maximum atomic E-state index is 2.48. The van der Waals surface area contributed by atoms with E-state index in [-0.39, 0.29) is 10.8 Å². The lowest BCUT2D eigenvalue weighted by molar-refractivity contribution is -0.633. The first-order valence-electron chi connectivity index (χ1n) is 10.5. The van der Waals surface area contributed by atoms with Gasteiger partial charge in [-0.3, -0.25) is 0 Å². The van der Waals surface area contributed by atoms with E-state index in [9.17, 15) is 0 Å². The lowest BCUT2D eigenvalue weighted by atomic mass is 9.64. The van der Waals surface area contributed by atoms with Crippen molar-refractivity contribution in [2.75, 3.05) is 0 Å². The van der Waals surface area contributed by atoms with Crippen LogP contribution in [0.4, 0.5) is 0 Å². The Morgan fingerprint density at radius 2 is 1.46 bits per heavy atom. The average molecular weight is 373 g/mol. The number of benzene rings is 2. The molecule has 0 saturated heterocycles. The van der Waals surface area contributed by atoms with Gasteiger partial charge >= 0.3 is 0 Å². The van der Waals surface area contributed by atoms with Crippen LogP contribution >= 0.6 is 0 Å². The van der Waals surface area contributed by atoms with Crippen LogP contribution in [0.1, 0.15) is 55.5 Å². The Kier molecular flexibility index (Phi) is 4.23. The molecule has 1 aromatic heterocycles. The fourth-order valence-corrected chi connectivity index (χ4v) is 4.98. The summed E-state index contributed by atoms with van der Waals surface area (Å²) in [4.78, 5) is 0. The molecule has 0 spiro atoms. The molecule has 0 amide bonds. The van der Waals surface area contributed by atoms with Crippen LogP contribution in [-0.2, 0) is 19.9 Å². The Morgan fingerprint density at radius 1 is 0.821 bits per heavy atom. The summed E-state index contributed by atoms with van der Waals surface area (Å²) in [6, 6.07) is 14.0. The molecule has 0 N–H and O–H groups in total. The van der Waals surface area contributed by atoms with Gasteiger partial charge in [-0.25, -0.2) is 0 Å². The largest absolute Gasteiger partial charge is 0.213 e. The van der Waals surface area contributed by atoms with Crippen LogP contribution in [-0.4, -0.2) is 0 Å². The maximum Gasteiger partial charge on any atom is 0.213 e. The number of rotatable bonds is 1. The van der Waals surface area contributed by atoms with Crippen LogP contribution in [0.15, 0.2) is 36.4 Å². The first kappa shape index (κ1) is 19.2. The summed E-state index contributed by atoms with van der Waals surface area (Å²) < 4.78 is 2.41. The van der Waals surface area contributed by atoms with Gasteiger partial charge < -0.3 is 0 Å². The van der Waals surface area contributed by atoms with Crippen molar-refractivity contribution in [3.8, 4) is 11.3 Å². The van der Waals surface area contributed by atoms with Crippen molar-refractivity contribution in [3.05, 3.63) is 64.2 Å². The van der Waals surface area contributed by atoms with Gasteiger partial charge in [-0.2, -0.15) is 4.57 Å². The highest BCUT2D eigenvalue weighted by Crippen LogP contribution is 2.48. The number of nitrogens with zero attached hydrogens (tertiary/aromatic N) is 1. The molecule has 1 heteroatoms. The van der Waals surface area contributed by atoms with Gasteiger partial charge in [-0.05, 0) is 72.8 Å². The van der Waals surface area contributed by atoms with Gasteiger partial charge in [-0.1, -0.05) is 51.5 Å². The molecule has 28 heavy (non-hydrogen) atoms. The molecule has 0 atom stereocenters. The molecule has 1 nitrogen and oxygen atoms in total. The number of aromatic nitrogens is 1. The summed E-state index contributed by atoms with van der Waals surface area (Å²) in [7, 11) is 2.23. The van der Waals surface area contributed by atoms with Crippen LogP contribution in [0.25, 0.3) is 22.2 Å². The van der Waals surface area contributed by atoms with Crippen molar-refractivity contribution in [3.63, 3.8) is 0 Å². The van der Waals surface area contributed by atoms with E-state index in [1.807, 2.05) is 0 Å². The topological polar surface area (TPSA) is 3.88 Å². The lowest BCUT2D eigenvalue weighted by Gasteiger charge is -2.40. The Hall–Kier alpha value is -2.15. The predicted octanol–water partition coefficient (Wildman–Crippen LogP) is 6.41. The smallest absolute Gasteiger partial charge is 0.194 e. The highest BCUT2D eigenvalue weighted by atomic mass is 14.9. The fourth-order valence-electron chi connectivity index (χ4n) is 4.98. The molecule has 1 aliphatic rings. The maximum absolute atomic E-state index is 2.48. The second-order valence-electron chi connectivity index (χ2n) is 10.3. The van der Waals surface area contributed by atoms with Gasteiger partial charge in [0.1, 0.15) is 7.05 Å². The van der Waals surface area contributed by atoms with Gasteiger partial charge in [0.2, 0.25) is 11.2 Å². The van der Waals surface area contributed by atoms with E-state index >= 15 is 0 Å². The molecule has 0 saturated carbocycles. The molecule has 146 valence electrons. The van der Waals surface area contributed by atoms with Gasteiger partial charge in [-0.15, -0.1) is 0 Å². The van der Waals surface area contributed by atoms with E-state index in [2.05, 4.69) is 96.5 Å². The molecular weight excluding hydrogens is 338 g/mol. The zero-order valence-electron chi connectivity index (χ0n) is 18.8. The molecule has 1 heterocycles. The number of pyridine rings is 1. The first-order chi connectivity index (χ1) is 13.0. The Bertz CT molecular complexity index is 1100. The van der Waals surface area contributed by atoms with Gasteiger partial charge in [0.15, 0.2) is 0 Å². The van der Waals surface area contributed by atoms with Crippen molar-refractivity contribution in [1.29, 1.82) is 0 Å². The van der Waals surface area contributed by atoms with Crippen molar-refractivity contribution >= 4 is 10.9 Å². The Labute approximate surface area is 170 Å². The highest BCUT2D eigenvalue weighted by molar-refractivity contribution is 5.86. The molecule has 2 aromatic carbocycles. The standard InChI is InChI=1S/C27H34N/c1-17-12-18(2)19(3)22(13-17)24-14-21-16-27(6,7)26(4,5)15-20-10-9-11-23(25(20)21)28(24)8/h9-14H,15-16H2,1-8H3/q+1. The first-order valence-corrected chi connectivity index (χ1v) is 10.5. The molecule has 1 aliphatic carbocycles. The van der Waals surface area contributed by atoms with E-state index < -0.39 is 0 Å². The third-order valence-electron chi connectivity index (χ3n) is 7.67. The number of aryl methyl sites for hydroxylation is 3. The van der Waals surface area contributed by atoms with Crippen LogP contribution in [0.5, 0.6) is 0 Å². The van der Waals surface area contributed by atoms with Gasteiger partial charge in [0.05, 0.1) is 5.39 Å². The molecule has 3 aromatic rings. The minimum absolute atomic E-state index is 0.244. The van der Waals surface area contributed by atoms with Crippen LogP contribution < -0.4 is 4.57 Å². The van der Waals surface area contributed by atoms with E-state index in [1.165, 1.54) is 50.0 Å². The summed E-state index contributed by atoms with van der Waals surface area (Å²) in [6.07, 6.45) is 2.25. The van der Waals surface area contributed by atoms with Crippen LogP contribution in [0.3, 0.4) is 0 Å². The predicted molar refractivity (Wildman–Crippen MR) is 120 cm³/mol. The second kappa shape index (κ2) is 6.17. The quantitative estimate of drug-likeness (QED) is 0.435. The molecule has 0 unspecified atom stereocenters. The lowest BCUT2D eigenvalue weighted by Crippen LogP contribution is -2.35. The van der Waals surface area contributed by atoms with Gasteiger partial charge in [0, 0.05) is 17.7 Å².